The SMILES string of the molecule is COc1ccc(C)cc1C(C)NC(=O)CN. The van der Waals surface area contributed by atoms with Crippen molar-refractivity contribution in [2.45, 2.75) is 19.9 Å². The van der Waals surface area contributed by atoms with Crippen molar-refractivity contribution in [1.82, 2.24) is 5.32 Å². The number of aryl methyl sites for hydroxylation is 1. The van der Waals surface area contributed by atoms with Crippen molar-refractivity contribution in [1.29, 1.82) is 0 Å². The summed E-state index contributed by atoms with van der Waals surface area (Å²) in [6.07, 6.45) is 0. The highest BCUT2D eigenvalue weighted by Crippen LogP contribution is 2.25. The minimum atomic E-state index is -0.170. The molecule has 0 saturated heterocycles. The predicted molar refractivity (Wildman–Crippen MR) is 63.3 cm³/mol. The van der Waals surface area contributed by atoms with Gasteiger partial charge in [0, 0.05) is 5.56 Å². The van der Waals surface area contributed by atoms with Gasteiger partial charge in [0.05, 0.1) is 19.7 Å². The third kappa shape index (κ3) is 2.97. The maximum atomic E-state index is 11.2. The van der Waals surface area contributed by atoms with Crippen LogP contribution < -0.4 is 15.8 Å². The smallest absolute Gasteiger partial charge is 0.234 e. The molecule has 1 aromatic rings. The van der Waals surface area contributed by atoms with Gasteiger partial charge < -0.3 is 15.8 Å². The first-order chi connectivity index (χ1) is 7.58. The Morgan fingerprint density at radius 2 is 2.25 bits per heavy atom. The number of benzene rings is 1. The summed E-state index contributed by atoms with van der Waals surface area (Å²) in [4.78, 5) is 11.2. The first-order valence-electron chi connectivity index (χ1n) is 5.22. The van der Waals surface area contributed by atoms with Gasteiger partial charge in [0.1, 0.15) is 5.75 Å². The molecule has 88 valence electrons. The van der Waals surface area contributed by atoms with E-state index >= 15 is 0 Å². The molecule has 1 amide bonds. The quantitative estimate of drug-likeness (QED) is 0.803. The molecule has 4 heteroatoms. The normalized spacial score (nSPS) is 12.0. The molecule has 0 aliphatic heterocycles. The molecule has 3 N–H and O–H groups in total. The molecule has 1 atom stereocenters. The minimum Gasteiger partial charge on any atom is -0.496 e. The molecule has 0 fully saturated rings. The van der Waals surface area contributed by atoms with Crippen LogP contribution in [0.15, 0.2) is 18.2 Å². The second kappa shape index (κ2) is 5.51. The fourth-order valence-corrected chi connectivity index (χ4v) is 1.57. The number of hydrogen-bond acceptors (Lipinski definition) is 3. The van der Waals surface area contributed by atoms with Gasteiger partial charge in [-0.05, 0) is 19.9 Å². The fraction of sp³-hybridized carbons (Fsp3) is 0.417. The standard InChI is InChI=1S/C12H18N2O2/c1-8-4-5-11(16-3)10(6-8)9(2)14-12(15)7-13/h4-6,9H,7,13H2,1-3H3,(H,14,15). The van der Waals surface area contributed by atoms with Crippen molar-refractivity contribution < 1.29 is 9.53 Å². The van der Waals surface area contributed by atoms with Gasteiger partial charge in [0.2, 0.25) is 5.91 Å². The average Bonchev–Trinajstić information content (AvgIpc) is 2.28. The van der Waals surface area contributed by atoms with Crippen molar-refractivity contribution in [3.8, 4) is 5.75 Å². The number of carbonyl (C=O) groups is 1. The van der Waals surface area contributed by atoms with E-state index in [4.69, 9.17) is 10.5 Å². The molecule has 0 heterocycles. The molecule has 0 radical (unpaired) electrons. The Kier molecular flexibility index (Phi) is 4.31. The number of rotatable bonds is 4. The van der Waals surface area contributed by atoms with Gasteiger partial charge in [-0.2, -0.15) is 0 Å². The van der Waals surface area contributed by atoms with Crippen LogP contribution in [0.1, 0.15) is 24.1 Å². The summed E-state index contributed by atoms with van der Waals surface area (Å²) < 4.78 is 5.25. The Morgan fingerprint density at radius 3 is 2.81 bits per heavy atom. The summed E-state index contributed by atoms with van der Waals surface area (Å²) in [7, 11) is 1.62. The van der Waals surface area contributed by atoms with Gasteiger partial charge >= 0.3 is 0 Å². The fourth-order valence-electron chi connectivity index (χ4n) is 1.57. The third-order valence-electron chi connectivity index (χ3n) is 2.41. The topological polar surface area (TPSA) is 64.3 Å². The Labute approximate surface area is 95.8 Å². The number of amides is 1. The van der Waals surface area contributed by atoms with Crippen molar-refractivity contribution in [3.05, 3.63) is 29.3 Å². The van der Waals surface area contributed by atoms with Gasteiger partial charge in [-0.25, -0.2) is 0 Å². The molecule has 0 spiro atoms. The van der Waals surface area contributed by atoms with E-state index in [1.807, 2.05) is 32.0 Å². The Morgan fingerprint density at radius 1 is 1.56 bits per heavy atom. The minimum absolute atomic E-state index is 0.00152. The van der Waals surface area contributed by atoms with E-state index in [0.717, 1.165) is 16.9 Å². The zero-order valence-electron chi connectivity index (χ0n) is 9.91. The van der Waals surface area contributed by atoms with Crippen molar-refractivity contribution in [2.75, 3.05) is 13.7 Å². The van der Waals surface area contributed by atoms with Crippen LogP contribution >= 0.6 is 0 Å². The molecule has 1 unspecified atom stereocenters. The van der Waals surface area contributed by atoms with Crippen LogP contribution in [0.25, 0.3) is 0 Å². The predicted octanol–water partition coefficient (Wildman–Crippen LogP) is 1.14. The van der Waals surface area contributed by atoms with E-state index in [1.54, 1.807) is 7.11 Å². The van der Waals surface area contributed by atoms with Gasteiger partial charge in [-0.3, -0.25) is 4.79 Å². The second-order valence-corrected chi connectivity index (χ2v) is 3.74. The highest BCUT2D eigenvalue weighted by atomic mass is 16.5. The Hall–Kier alpha value is -1.55. The van der Waals surface area contributed by atoms with Crippen LogP contribution in [-0.4, -0.2) is 19.6 Å². The number of nitrogens with one attached hydrogen (secondary N) is 1. The van der Waals surface area contributed by atoms with Gasteiger partial charge in [0.15, 0.2) is 0 Å². The van der Waals surface area contributed by atoms with Gasteiger partial charge in [-0.15, -0.1) is 0 Å². The van der Waals surface area contributed by atoms with E-state index in [-0.39, 0.29) is 18.5 Å². The summed E-state index contributed by atoms with van der Waals surface area (Å²) in [6, 6.07) is 5.77. The highest BCUT2D eigenvalue weighted by molar-refractivity contribution is 5.78. The number of carbonyl (C=O) groups excluding carboxylic acids is 1. The van der Waals surface area contributed by atoms with E-state index in [2.05, 4.69) is 5.32 Å². The summed E-state index contributed by atoms with van der Waals surface area (Å²) in [5.41, 5.74) is 7.35. The van der Waals surface area contributed by atoms with Crippen LogP contribution in [0.3, 0.4) is 0 Å². The molecule has 1 rings (SSSR count). The van der Waals surface area contributed by atoms with Crippen LogP contribution in [0, 0.1) is 6.92 Å². The van der Waals surface area contributed by atoms with E-state index < -0.39 is 0 Å². The molecule has 16 heavy (non-hydrogen) atoms. The molecule has 0 bridgehead atoms. The zero-order valence-corrected chi connectivity index (χ0v) is 9.91. The van der Waals surface area contributed by atoms with E-state index in [0.29, 0.717) is 0 Å². The van der Waals surface area contributed by atoms with Crippen molar-refractivity contribution in [2.24, 2.45) is 5.73 Å². The first kappa shape index (κ1) is 12.5. The molecule has 0 aliphatic rings. The van der Waals surface area contributed by atoms with Crippen LogP contribution in [0.5, 0.6) is 5.75 Å². The van der Waals surface area contributed by atoms with Gasteiger partial charge in [-0.1, -0.05) is 17.7 Å². The Balaban J connectivity index is 2.92. The third-order valence-corrected chi connectivity index (χ3v) is 2.41. The second-order valence-electron chi connectivity index (χ2n) is 3.74. The average molecular weight is 222 g/mol. The van der Waals surface area contributed by atoms with E-state index in [9.17, 15) is 4.79 Å². The number of ether oxygens (including phenoxy) is 1. The maximum Gasteiger partial charge on any atom is 0.234 e. The van der Waals surface area contributed by atoms with Gasteiger partial charge in [0.25, 0.3) is 0 Å². The van der Waals surface area contributed by atoms with Crippen LogP contribution in [-0.2, 0) is 4.79 Å². The van der Waals surface area contributed by atoms with Crippen LogP contribution in [0.2, 0.25) is 0 Å². The summed E-state index contributed by atoms with van der Waals surface area (Å²) in [5, 5.41) is 2.80. The monoisotopic (exact) mass is 222 g/mol. The summed E-state index contributed by atoms with van der Waals surface area (Å²) in [5.74, 6) is 0.603. The molecule has 0 saturated carbocycles. The Bertz CT molecular complexity index is 377. The van der Waals surface area contributed by atoms with E-state index in [1.165, 1.54) is 0 Å². The lowest BCUT2D eigenvalue weighted by Gasteiger charge is -2.17. The summed E-state index contributed by atoms with van der Waals surface area (Å²) in [6.45, 7) is 3.91. The first-order valence-corrected chi connectivity index (χ1v) is 5.22. The number of methoxy groups -OCH3 is 1. The van der Waals surface area contributed by atoms with Crippen molar-refractivity contribution in [3.63, 3.8) is 0 Å². The molecular weight excluding hydrogens is 204 g/mol. The van der Waals surface area contributed by atoms with Crippen LogP contribution in [0.4, 0.5) is 0 Å². The molecular formula is C12H18N2O2. The molecule has 0 aromatic heterocycles. The summed E-state index contributed by atoms with van der Waals surface area (Å²) >= 11 is 0. The zero-order chi connectivity index (χ0) is 12.1. The lowest BCUT2D eigenvalue weighted by molar-refractivity contribution is -0.120. The number of nitrogens with two attached hydrogens (primary N) is 1. The number of hydrogen-bond donors (Lipinski definition) is 2. The highest BCUT2D eigenvalue weighted by Gasteiger charge is 2.13. The molecule has 0 aliphatic carbocycles. The largest absolute Gasteiger partial charge is 0.496 e. The van der Waals surface area contributed by atoms with Crippen molar-refractivity contribution >= 4 is 5.91 Å². The molecule has 4 nitrogen and oxygen atoms in total. The lowest BCUT2D eigenvalue weighted by Crippen LogP contribution is -2.32. The lowest BCUT2D eigenvalue weighted by atomic mass is 10.0. The maximum absolute atomic E-state index is 11.2. The molecule has 1 aromatic carbocycles.